The van der Waals surface area contributed by atoms with Crippen LogP contribution < -0.4 is 10.1 Å². The molecule has 0 spiro atoms. The van der Waals surface area contributed by atoms with E-state index >= 15 is 0 Å². The maximum absolute atomic E-state index is 12.6. The average Bonchev–Trinajstić information content (AvgIpc) is 3.08. The number of ether oxygens (including phenoxy) is 1. The van der Waals surface area contributed by atoms with E-state index in [0.29, 0.717) is 24.3 Å². The van der Waals surface area contributed by atoms with Gasteiger partial charge in [0.25, 0.3) is 5.91 Å². The lowest BCUT2D eigenvalue weighted by atomic mass is 10.0. The normalized spacial score (nSPS) is 11.2. The molecule has 1 aromatic rings. The summed E-state index contributed by atoms with van der Waals surface area (Å²) in [4.78, 5) is 24.9. The summed E-state index contributed by atoms with van der Waals surface area (Å²) in [5, 5.41) is 2.57. The van der Waals surface area contributed by atoms with Gasteiger partial charge in [0.2, 0.25) is 5.91 Å². The van der Waals surface area contributed by atoms with E-state index in [2.05, 4.69) is 19.2 Å². The van der Waals surface area contributed by atoms with Crippen LogP contribution in [0.3, 0.4) is 0 Å². The van der Waals surface area contributed by atoms with Crippen LogP contribution in [0.2, 0.25) is 0 Å². The van der Waals surface area contributed by atoms with E-state index in [1.54, 1.807) is 12.1 Å². The van der Waals surface area contributed by atoms with E-state index in [-0.39, 0.29) is 11.8 Å². The minimum atomic E-state index is -0.330. The van der Waals surface area contributed by atoms with Gasteiger partial charge < -0.3 is 4.74 Å². The molecule has 272 valence electrons. The number of imide groups is 1. The molecule has 0 aliphatic heterocycles. The van der Waals surface area contributed by atoms with E-state index in [1.165, 1.54) is 180 Å². The van der Waals surface area contributed by atoms with Gasteiger partial charge in [-0.2, -0.15) is 0 Å². The van der Waals surface area contributed by atoms with Gasteiger partial charge in [0.15, 0.2) is 0 Å². The van der Waals surface area contributed by atoms with Gasteiger partial charge in [0, 0.05) is 12.0 Å². The first-order valence-corrected chi connectivity index (χ1v) is 20.7. The van der Waals surface area contributed by atoms with Crippen LogP contribution in [0, 0.1) is 0 Å². The van der Waals surface area contributed by atoms with Crippen molar-refractivity contribution in [2.45, 2.75) is 219 Å². The minimum absolute atomic E-state index is 0.177. The molecule has 4 heteroatoms. The van der Waals surface area contributed by atoms with Gasteiger partial charge >= 0.3 is 0 Å². The number of nitrogens with one attached hydrogen (secondary N) is 1. The summed E-state index contributed by atoms with van der Waals surface area (Å²) in [6.07, 6.45) is 41.6. The van der Waals surface area contributed by atoms with Crippen molar-refractivity contribution < 1.29 is 14.3 Å². The Balaban J connectivity index is 1.95. The van der Waals surface area contributed by atoms with E-state index < -0.39 is 0 Å². The van der Waals surface area contributed by atoms with E-state index in [1.807, 2.05) is 12.1 Å². The first kappa shape index (κ1) is 43.2. The first-order valence-electron chi connectivity index (χ1n) is 20.7. The van der Waals surface area contributed by atoms with Crippen LogP contribution in [-0.2, 0) is 4.79 Å². The molecule has 1 aromatic carbocycles. The second kappa shape index (κ2) is 34.0. The molecule has 4 nitrogen and oxygen atoms in total. The fourth-order valence-electron chi connectivity index (χ4n) is 6.49. The van der Waals surface area contributed by atoms with Crippen molar-refractivity contribution in [1.82, 2.24) is 5.32 Å². The standard InChI is InChI=1S/C43H77NO3/c1-3-5-7-9-11-13-15-17-19-21-23-25-27-29-31-33-38-47-41-36-34-35-40(39-41)43(46)44-42(45)37-32-30-28-26-24-22-20-18-16-14-12-10-8-6-4-2/h34-36,39H,3-33,37-38H2,1-2H3,(H,44,45,46). The Bertz CT molecular complexity index is 838. The van der Waals surface area contributed by atoms with Gasteiger partial charge in [0.1, 0.15) is 5.75 Å². The predicted molar refractivity (Wildman–Crippen MR) is 204 cm³/mol. The topological polar surface area (TPSA) is 55.4 Å². The van der Waals surface area contributed by atoms with Gasteiger partial charge in [-0.05, 0) is 31.0 Å². The second-order valence-corrected chi connectivity index (χ2v) is 14.3. The predicted octanol–water partition coefficient (Wildman–Crippen LogP) is 13.8. The van der Waals surface area contributed by atoms with Gasteiger partial charge in [-0.1, -0.05) is 206 Å². The molecule has 0 bridgehead atoms. The van der Waals surface area contributed by atoms with Crippen LogP contribution >= 0.6 is 0 Å². The van der Waals surface area contributed by atoms with Crippen LogP contribution in [0.25, 0.3) is 0 Å². The Morgan fingerprint density at radius 1 is 0.489 bits per heavy atom. The molecular formula is C43H77NO3. The highest BCUT2D eigenvalue weighted by atomic mass is 16.5. The fraction of sp³-hybridized carbons (Fsp3) is 0.814. The summed E-state index contributed by atoms with van der Waals surface area (Å²) in [6, 6.07) is 7.22. The molecule has 0 fully saturated rings. The number of carbonyl (C=O) groups is 2. The van der Waals surface area contributed by atoms with Crippen molar-refractivity contribution in [3.63, 3.8) is 0 Å². The SMILES string of the molecule is CCCCCCCCCCCCCCCCCCOc1cccc(C(=O)NC(=O)CCCCCCCCCCCCCCCCC)c1. The van der Waals surface area contributed by atoms with E-state index in [9.17, 15) is 9.59 Å². The zero-order valence-electron chi connectivity index (χ0n) is 31.4. The van der Waals surface area contributed by atoms with Gasteiger partial charge in [-0.25, -0.2) is 0 Å². The number of benzene rings is 1. The average molecular weight is 656 g/mol. The third-order valence-corrected chi connectivity index (χ3v) is 9.62. The van der Waals surface area contributed by atoms with Crippen molar-refractivity contribution >= 4 is 11.8 Å². The van der Waals surface area contributed by atoms with E-state index in [4.69, 9.17) is 4.74 Å². The van der Waals surface area contributed by atoms with E-state index in [0.717, 1.165) is 19.3 Å². The summed E-state index contributed by atoms with van der Waals surface area (Å²) in [5.74, 6) is 0.196. The molecule has 0 unspecified atom stereocenters. The maximum Gasteiger partial charge on any atom is 0.257 e. The summed E-state index contributed by atoms with van der Waals surface area (Å²) in [6.45, 7) is 5.23. The Kier molecular flexibility index (Phi) is 31.3. The van der Waals surface area contributed by atoms with Crippen LogP contribution in [0.1, 0.15) is 230 Å². The van der Waals surface area contributed by atoms with Crippen molar-refractivity contribution in [3.05, 3.63) is 29.8 Å². The number of hydrogen-bond donors (Lipinski definition) is 1. The molecule has 47 heavy (non-hydrogen) atoms. The molecule has 0 atom stereocenters. The van der Waals surface area contributed by atoms with Crippen molar-refractivity contribution in [2.24, 2.45) is 0 Å². The number of unbranched alkanes of at least 4 members (excludes halogenated alkanes) is 29. The number of rotatable bonds is 35. The molecular weight excluding hydrogens is 578 g/mol. The zero-order chi connectivity index (χ0) is 33.9. The van der Waals surface area contributed by atoms with Crippen molar-refractivity contribution in [2.75, 3.05) is 6.61 Å². The summed E-state index contributed by atoms with van der Waals surface area (Å²) < 4.78 is 5.92. The van der Waals surface area contributed by atoms with Crippen LogP contribution in [0.15, 0.2) is 24.3 Å². The summed E-state index contributed by atoms with van der Waals surface area (Å²) >= 11 is 0. The molecule has 0 saturated carbocycles. The van der Waals surface area contributed by atoms with Gasteiger partial charge in [-0.15, -0.1) is 0 Å². The lowest BCUT2D eigenvalue weighted by Crippen LogP contribution is -2.30. The molecule has 2 amide bonds. The molecule has 0 aliphatic carbocycles. The molecule has 0 aromatic heterocycles. The van der Waals surface area contributed by atoms with Gasteiger partial charge in [0.05, 0.1) is 6.61 Å². The Hall–Kier alpha value is -1.84. The van der Waals surface area contributed by atoms with Crippen molar-refractivity contribution in [3.8, 4) is 5.75 Å². The smallest absolute Gasteiger partial charge is 0.257 e. The summed E-state index contributed by atoms with van der Waals surface area (Å²) in [7, 11) is 0. The second-order valence-electron chi connectivity index (χ2n) is 14.3. The number of carbonyl (C=O) groups excluding carboxylic acids is 2. The monoisotopic (exact) mass is 656 g/mol. The van der Waals surface area contributed by atoms with Crippen LogP contribution in [0.4, 0.5) is 0 Å². The molecule has 0 heterocycles. The summed E-state index contributed by atoms with van der Waals surface area (Å²) in [5.41, 5.74) is 0.485. The molecule has 0 radical (unpaired) electrons. The lowest BCUT2D eigenvalue weighted by molar-refractivity contribution is -0.120. The Morgan fingerprint density at radius 3 is 1.26 bits per heavy atom. The van der Waals surface area contributed by atoms with Crippen LogP contribution in [0.5, 0.6) is 5.75 Å². The largest absolute Gasteiger partial charge is 0.494 e. The van der Waals surface area contributed by atoms with Gasteiger partial charge in [-0.3, -0.25) is 14.9 Å². The first-order chi connectivity index (χ1) is 23.2. The van der Waals surface area contributed by atoms with Crippen LogP contribution in [-0.4, -0.2) is 18.4 Å². The maximum atomic E-state index is 12.6. The Labute approximate surface area is 292 Å². The number of amides is 2. The zero-order valence-corrected chi connectivity index (χ0v) is 31.4. The lowest BCUT2D eigenvalue weighted by Gasteiger charge is -2.09. The minimum Gasteiger partial charge on any atom is -0.494 e. The molecule has 1 N–H and O–H groups in total. The quantitative estimate of drug-likeness (QED) is 0.0740. The highest BCUT2D eigenvalue weighted by Gasteiger charge is 2.11. The highest BCUT2D eigenvalue weighted by Crippen LogP contribution is 2.17. The highest BCUT2D eigenvalue weighted by molar-refractivity contribution is 6.04. The number of hydrogen-bond acceptors (Lipinski definition) is 3. The Morgan fingerprint density at radius 2 is 0.851 bits per heavy atom. The molecule has 1 rings (SSSR count). The molecule has 0 saturated heterocycles. The third kappa shape index (κ3) is 28.9. The van der Waals surface area contributed by atoms with Crippen molar-refractivity contribution in [1.29, 1.82) is 0 Å². The third-order valence-electron chi connectivity index (χ3n) is 9.62. The molecule has 0 aliphatic rings. The fourth-order valence-corrected chi connectivity index (χ4v) is 6.49.